The van der Waals surface area contributed by atoms with E-state index in [1.54, 1.807) is 18.2 Å². The van der Waals surface area contributed by atoms with Crippen molar-refractivity contribution in [2.75, 3.05) is 0 Å². The fourth-order valence-electron chi connectivity index (χ4n) is 2.54. The summed E-state index contributed by atoms with van der Waals surface area (Å²) >= 11 is 0. The summed E-state index contributed by atoms with van der Waals surface area (Å²) < 4.78 is 0. The first-order valence-electron chi connectivity index (χ1n) is 6.21. The first kappa shape index (κ1) is 12.0. The summed E-state index contributed by atoms with van der Waals surface area (Å²) in [4.78, 5) is 0. The van der Waals surface area contributed by atoms with Gasteiger partial charge in [-0.3, -0.25) is 0 Å². The molecule has 0 fully saturated rings. The van der Waals surface area contributed by atoms with Gasteiger partial charge < -0.3 is 15.9 Å². The molecule has 3 rings (SSSR count). The number of hydrogen-bond donors (Lipinski definition) is 3. The molecule has 4 N–H and O–H groups in total. The van der Waals surface area contributed by atoms with Crippen LogP contribution >= 0.6 is 0 Å². The van der Waals surface area contributed by atoms with Crippen molar-refractivity contribution in [1.82, 2.24) is 0 Å². The average Bonchev–Trinajstić information content (AvgIpc) is 2.43. The molecule has 0 spiro atoms. The number of benzene rings is 1. The summed E-state index contributed by atoms with van der Waals surface area (Å²) in [7, 11) is 0. The van der Waals surface area contributed by atoms with Gasteiger partial charge >= 0.3 is 0 Å². The van der Waals surface area contributed by atoms with E-state index in [-0.39, 0.29) is 5.76 Å². The summed E-state index contributed by atoms with van der Waals surface area (Å²) in [6.07, 6.45) is 8.10. The second kappa shape index (κ2) is 4.53. The molecule has 2 aliphatic carbocycles. The average molecular weight is 253 g/mol. The van der Waals surface area contributed by atoms with Gasteiger partial charge in [0.15, 0.2) is 0 Å². The maximum absolute atomic E-state index is 10.2. The highest BCUT2D eigenvalue weighted by molar-refractivity contribution is 5.85. The summed E-state index contributed by atoms with van der Waals surface area (Å²) in [5.74, 6) is 0.115. The van der Waals surface area contributed by atoms with Crippen molar-refractivity contribution >= 4 is 11.6 Å². The van der Waals surface area contributed by atoms with Crippen molar-refractivity contribution in [3.8, 4) is 0 Å². The molecule has 3 heteroatoms. The van der Waals surface area contributed by atoms with Crippen LogP contribution in [0.5, 0.6) is 0 Å². The number of aliphatic hydroxyl groups is 2. The van der Waals surface area contributed by atoms with Crippen molar-refractivity contribution < 1.29 is 10.2 Å². The van der Waals surface area contributed by atoms with E-state index in [0.29, 0.717) is 0 Å². The molecule has 0 aromatic heterocycles. The third kappa shape index (κ3) is 1.93. The van der Waals surface area contributed by atoms with Crippen LogP contribution in [0.15, 0.2) is 59.9 Å². The maximum atomic E-state index is 10.2. The molecule has 2 aliphatic rings. The highest BCUT2D eigenvalue weighted by Crippen LogP contribution is 2.34. The third-order valence-corrected chi connectivity index (χ3v) is 3.51. The fourth-order valence-corrected chi connectivity index (χ4v) is 2.54. The van der Waals surface area contributed by atoms with Gasteiger partial charge in [0.2, 0.25) is 0 Å². The van der Waals surface area contributed by atoms with Crippen LogP contribution in [0, 0.1) is 0 Å². The van der Waals surface area contributed by atoms with Crippen LogP contribution in [-0.4, -0.2) is 22.4 Å². The Morgan fingerprint density at radius 3 is 2.74 bits per heavy atom. The molecule has 0 radical (unpaired) electrons. The van der Waals surface area contributed by atoms with Crippen LogP contribution in [0.3, 0.4) is 0 Å². The lowest BCUT2D eigenvalue weighted by Gasteiger charge is -2.26. The first-order valence-corrected chi connectivity index (χ1v) is 6.21. The molecule has 0 saturated carbocycles. The molecule has 1 aromatic carbocycles. The Morgan fingerprint density at radius 2 is 1.89 bits per heavy atom. The van der Waals surface area contributed by atoms with Gasteiger partial charge in [-0.25, -0.2) is 0 Å². The van der Waals surface area contributed by atoms with Crippen LogP contribution in [-0.2, 0) is 0 Å². The number of rotatable bonds is 0. The highest BCUT2D eigenvalue weighted by atomic mass is 16.3. The zero-order valence-corrected chi connectivity index (χ0v) is 10.3. The number of allylic oxidation sites excluding steroid dienone is 2. The van der Waals surface area contributed by atoms with Gasteiger partial charge in [0.1, 0.15) is 5.76 Å². The minimum absolute atomic E-state index is 0.115. The SMILES string of the molecule is NC1C(O)=CC=CC1=C1c2ccccc2C=CC1O. The molecule has 19 heavy (non-hydrogen) atoms. The lowest BCUT2D eigenvalue weighted by Crippen LogP contribution is -2.29. The highest BCUT2D eigenvalue weighted by Gasteiger charge is 2.25. The summed E-state index contributed by atoms with van der Waals surface area (Å²) in [5.41, 5.74) is 9.54. The van der Waals surface area contributed by atoms with E-state index in [9.17, 15) is 10.2 Å². The quantitative estimate of drug-likeness (QED) is 0.664. The monoisotopic (exact) mass is 253 g/mol. The van der Waals surface area contributed by atoms with Crippen molar-refractivity contribution in [1.29, 1.82) is 0 Å². The Morgan fingerprint density at radius 1 is 1.11 bits per heavy atom. The topological polar surface area (TPSA) is 66.5 Å². The Balaban J connectivity index is 2.22. The van der Waals surface area contributed by atoms with Crippen LogP contribution < -0.4 is 5.73 Å². The smallest absolute Gasteiger partial charge is 0.113 e. The summed E-state index contributed by atoms with van der Waals surface area (Å²) in [6.45, 7) is 0. The van der Waals surface area contributed by atoms with E-state index in [1.807, 2.05) is 36.4 Å². The predicted molar refractivity (Wildman–Crippen MR) is 76.2 cm³/mol. The Kier molecular flexibility index (Phi) is 2.85. The van der Waals surface area contributed by atoms with Gasteiger partial charge in [-0.2, -0.15) is 0 Å². The third-order valence-electron chi connectivity index (χ3n) is 3.51. The molecule has 3 nitrogen and oxygen atoms in total. The largest absolute Gasteiger partial charge is 0.510 e. The van der Waals surface area contributed by atoms with Gasteiger partial charge in [0.05, 0.1) is 12.1 Å². The molecule has 0 aliphatic heterocycles. The van der Waals surface area contributed by atoms with E-state index in [2.05, 4.69) is 0 Å². The van der Waals surface area contributed by atoms with Gasteiger partial charge in [0, 0.05) is 0 Å². The molecule has 0 heterocycles. The van der Waals surface area contributed by atoms with E-state index in [0.717, 1.165) is 22.3 Å². The van der Waals surface area contributed by atoms with Crippen molar-refractivity contribution in [3.63, 3.8) is 0 Å². The lowest BCUT2D eigenvalue weighted by molar-refractivity contribution is 0.279. The zero-order chi connectivity index (χ0) is 13.4. The summed E-state index contributed by atoms with van der Waals surface area (Å²) in [6, 6.07) is 7.25. The molecular weight excluding hydrogens is 238 g/mol. The molecule has 2 atom stereocenters. The van der Waals surface area contributed by atoms with Crippen molar-refractivity contribution in [3.05, 3.63) is 71.0 Å². The fraction of sp³-hybridized carbons (Fsp3) is 0.125. The van der Waals surface area contributed by atoms with Gasteiger partial charge in [-0.05, 0) is 28.3 Å². The second-order valence-electron chi connectivity index (χ2n) is 4.69. The molecule has 0 amide bonds. The molecule has 0 saturated heterocycles. The minimum atomic E-state index is -0.702. The van der Waals surface area contributed by atoms with E-state index in [4.69, 9.17) is 5.73 Å². The number of hydrogen-bond acceptors (Lipinski definition) is 3. The van der Waals surface area contributed by atoms with Crippen LogP contribution in [0.2, 0.25) is 0 Å². The van der Waals surface area contributed by atoms with E-state index >= 15 is 0 Å². The molecular formula is C16H15NO2. The molecule has 0 bridgehead atoms. The maximum Gasteiger partial charge on any atom is 0.113 e. The summed E-state index contributed by atoms with van der Waals surface area (Å²) in [5, 5.41) is 20.0. The Bertz CT molecular complexity index is 638. The number of fused-ring (bicyclic) bond motifs is 1. The standard InChI is InChI=1S/C16H15NO2/c17-16-12(6-3-7-14(16)19)15-11-5-2-1-4-10(11)8-9-13(15)18/h1-9,13,16,18-19H,17H2. The molecule has 2 unspecified atom stereocenters. The predicted octanol–water partition coefficient (Wildman–Crippen LogP) is 2.17. The van der Waals surface area contributed by atoms with E-state index < -0.39 is 12.1 Å². The lowest BCUT2D eigenvalue weighted by atomic mass is 9.83. The minimum Gasteiger partial charge on any atom is -0.510 e. The van der Waals surface area contributed by atoms with Crippen LogP contribution in [0.25, 0.3) is 11.6 Å². The molecule has 96 valence electrons. The number of nitrogens with two attached hydrogens (primary N) is 1. The Labute approximate surface area is 111 Å². The van der Waals surface area contributed by atoms with Crippen LogP contribution in [0.4, 0.5) is 0 Å². The zero-order valence-electron chi connectivity index (χ0n) is 10.3. The van der Waals surface area contributed by atoms with Gasteiger partial charge in [-0.1, -0.05) is 48.6 Å². The van der Waals surface area contributed by atoms with Crippen molar-refractivity contribution in [2.45, 2.75) is 12.1 Å². The number of aliphatic hydroxyl groups excluding tert-OH is 2. The van der Waals surface area contributed by atoms with Crippen LogP contribution in [0.1, 0.15) is 11.1 Å². The van der Waals surface area contributed by atoms with Gasteiger partial charge in [-0.15, -0.1) is 0 Å². The Hall–Kier alpha value is -2.10. The van der Waals surface area contributed by atoms with Gasteiger partial charge in [0.25, 0.3) is 0 Å². The van der Waals surface area contributed by atoms with Crippen molar-refractivity contribution in [2.24, 2.45) is 5.73 Å². The normalized spacial score (nSPS) is 29.1. The second-order valence-corrected chi connectivity index (χ2v) is 4.69. The first-order chi connectivity index (χ1) is 9.18. The molecule has 1 aromatic rings. The van der Waals surface area contributed by atoms with E-state index in [1.165, 1.54) is 0 Å².